The number of phenols is 1. The topological polar surface area (TPSA) is 177 Å². The molecule has 0 radical (unpaired) electrons. The van der Waals surface area contributed by atoms with E-state index in [-0.39, 0.29) is 17.1 Å². The summed E-state index contributed by atoms with van der Waals surface area (Å²) in [5.74, 6) is 0.0921. The van der Waals surface area contributed by atoms with Crippen molar-refractivity contribution < 1.29 is 30.0 Å². The number of carboxylic acid groups (broad SMARTS) is 1. The number of nitrogen functional groups attached to an aromatic ring is 1. The van der Waals surface area contributed by atoms with Gasteiger partial charge in [0.2, 0.25) is 0 Å². The Hall–Kier alpha value is -3.71. The van der Waals surface area contributed by atoms with E-state index in [4.69, 9.17) is 10.5 Å². The summed E-state index contributed by atoms with van der Waals surface area (Å²) >= 11 is 1.44. The molecule has 6 N–H and O–H groups in total. The number of fused-ring (bicyclic) bond motifs is 1. The number of hydrogen-bond donors (Lipinski definition) is 5. The first kappa shape index (κ1) is 24.0. The number of aromatic nitrogens is 4. The Morgan fingerprint density at radius 1 is 1.06 bits per heavy atom. The van der Waals surface area contributed by atoms with Crippen molar-refractivity contribution in [2.75, 3.05) is 11.5 Å². The number of rotatable bonds is 7. The summed E-state index contributed by atoms with van der Waals surface area (Å²) in [6.07, 6.45) is -1.20. The third-order valence-corrected chi connectivity index (χ3v) is 7.09. The van der Waals surface area contributed by atoms with Gasteiger partial charge in [0.15, 0.2) is 17.7 Å². The number of thioether (sulfide) groups is 1. The number of imidazole rings is 1. The van der Waals surface area contributed by atoms with Gasteiger partial charge in [0.05, 0.1) is 18.0 Å². The largest absolute Gasteiger partial charge is 0.508 e. The van der Waals surface area contributed by atoms with E-state index >= 15 is 0 Å². The maximum absolute atomic E-state index is 11.7. The highest BCUT2D eigenvalue weighted by atomic mass is 32.2. The quantitative estimate of drug-likeness (QED) is 0.246. The fourth-order valence-corrected chi connectivity index (χ4v) is 5.19. The molecule has 0 saturated carbocycles. The van der Waals surface area contributed by atoms with Gasteiger partial charge in [0.1, 0.15) is 29.8 Å². The van der Waals surface area contributed by atoms with Gasteiger partial charge in [0, 0.05) is 11.5 Å². The van der Waals surface area contributed by atoms with Gasteiger partial charge in [-0.1, -0.05) is 18.2 Å². The second-order valence-electron chi connectivity index (χ2n) is 8.42. The molecule has 11 nitrogen and oxygen atoms in total. The van der Waals surface area contributed by atoms with Crippen molar-refractivity contribution in [1.82, 2.24) is 19.5 Å². The predicted molar refractivity (Wildman–Crippen MR) is 132 cm³/mol. The average Bonchev–Trinajstić information content (AvgIpc) is 3.41. The minimum Gasteiger partial charge on any atom is -0.508 e. The predicted octanol–water partition coefficient (Wildman–Crippen LogP) is 2.03. The molecular formula is C24H23N5O6S. The van der Waals surface area contributed by atoms with E-state index in [9.17, 15) is 25.2 Å². The number of carboxylic acids is 1. The highest BCUT2D eigenvalue weighted by Crippen LogP contribution is 2.34. The zero-order valence-corrected chi connectivity index (χ0v) is 19.6. The van der Waals surface area contributed by atoms with Gasteiger partial charge in [0.25, 0.3) is 0 Å². The van der Waals surface area contributed by atoms with Crippen LogP contribution in [0.2, 0.25) is 0 Å². The molecule has 2 aromatic carbocycles. The molecule has 0 aliphatic carbocycles. The van der Waals surface area contributed by atoms with Gasteiger partial charge in [-0.25, -0.2) is 19.7 Å². The average molecular weight is 510 g/mol. The number of nitrogens with two attached hydrogens (primary N) is 1. The molecule has 1 saturated heterocycles. The van der Waals surface area contributed by atoms with E-state index in [2.05, 4.69) is 15.0 Å². The molecule has 1 aliphatic heterocycles. The second-order valence-corrected chi connectivity index (χ2v) is 9.45. The normalized spacial score (nSPS) is 21.7. The van der Waals surface area contributed by atoms with Crippen LogP contribution in [-0.4, -0.2) is 70.0 Å². The second kappa shape index (κ2) is 9.74. The van der Waals surface area contributed by atoms with Crippen LogP contribution < -0.4 is 5.73 Å². The number of aliphatic hydroxyl groups is 2. The molecule has 5 rings (SSSR count). The lowest BCUT2D eigenvalue weighted by Gasteiger charge is -2.16. The summed E-state index contributed by atoms with van der Waals surface area (Å²) in [7, 11) is 0. The number of anilines is 1. The standard InChI is InChI=1S/C24H23N5O6S/c25-21-18-22(27-10-26-21)29(11-28-18)23-20(32)19(31)17(35-23)9-36-8-12-5-14(7-15(6-12)24(33)34)13-1-3-16(30)4-2-13/h1-7,10-11,17,19-20,23,30-32H,8-9H2,(H,33,34)(H2,25,26,27)/t17-,19-,20-,23-/m1/s1. The third kappa shape index (κ3) is 4.58. The number of aromatic carboxylic acids is 1. The van der Waals surface area contributed by atoms with Crippen molar-refractivity contribution in [2.45, 2.75) is 30.3 Å². The summed E-state index contributed by atoms with van der Waals surface area (Å²) in [5.41, 5.74) is 9.02. The molecule has 186 valence electrons. The fraction of sp³-hybridized carbons (Fsp3) is 0.250. The lowest BCUT2D eigenvalue weighted by Crippen LogP contribution is -2.32. The molecule has 4 aromatic rings. The minimum atomic E-state index is -1.21. The molecule has 2 aromatic heterocycles. The van der Waals surface area contributed by atoms with Gasteiger partial charge >= 0.3 is 5.97 Å². The Bertz CT molecular complexity index is 1410. The van der Waals surface area contributed by atoms with Crippen molar-refractivity contribution in [3.63, 3.8) is 0 Å². The molecule has 0 amide bonds. The number of benzene rings is 2. The summed E-state index contributed by atoms with van der Waals surface area (Å²) in [5, 5.41) is 40.3. The molecular weight excluding hydrogens is 486 g/mol. The maximum atomic E-state index is 11.7. The molecule has 1 aliphatic rings. The Kier molecular flexibility index (Phi) is 6.49. The van der Waals surface area contributed by atoms with Crippen LogP contribution in [0.4, 0.5) is 5.82 Å². The van der Waals surface area contributed by atoms with Crippen molar-refractivity contribution in [1.29, 1.82) is 0 Å². The van der Waals surface area contributed by atoms with E-state index in [0.29, 0.717) is 28.2 Å². The Balaban J connectivity index is 1.29. The Morgan fingerprint density at radius 3 is 2.58 bits per heavy atom. The van der Waals surface area contributed by atoms with E-state index in [1.165, 1.54) is 29.0 Å². The van der Waals surface area contributed by atoms with Gasteiger partial charge < -0.3 is 30.9 Å². The van der Waals surface area contributed by atoms with Crippen LogP contribution in [0.1, 0.15) is 22.1 Å². The van der Waals surface area contributed by atoms with E-state index < -0.39 is 30.5 Å². The van der Waals surface area contributed by atoms with E-state index in [1.54, 1.807) is 36.4 Å². The first-order chi connectivity index (χ1) is 17.3. The molecule has 3 heterocycles. The molecule has 12 heteroatoms. The lowest BCUT2D eigenvalue weighted by atomic mass is 10.0. The van der Waals surface area contributed by atoms with Gasteiger partial charge in [-0.2, -0.15) is 11.8 Å². The van der Waals surface area contributed by atoms with Crippen LogP contribution in [0.3, 0.4) is 0 Å². The minimum absolute atomic E-state index is 0.124. The maximum Gasteiger partial charge on any atom is 0.335 e. The monoisotopic (exact) mass is 509 g/mol. The van der Waals surface area contributed by atoms with Crippen molar-refractivity contribution in [3.05, 3.63) is 66.2 Å². The number of hydrogen-bond acceptors (Lipinski definition) is 10. The SMILES string of the molecule is Nc1ncnc2c1ncn2[C@@H]1O[C@H](CSCc2cc(C(=O)O)cc(-c3ccc(O)cc3)c2)[C@@H](O)[C@H]1O. The number of carbonyl (C=O) groups is 1. The number of phenolic OH excluding ortho intramolecular Hbond substituents is 1. The van der Waals surface area contributed by atoms with Gasteiger partial charge in [-0.05, 0) is 41.0 Å². The number of aromatic hydroxyl groups is 1. The van der Waals surface area contributed by atoms with Crippen LogP contribution in [0, 0.1) is 0 Å². The highest BCUT2D eigenvalue weighted by molar-refractivity contribution is 7.98. The Labute approximate surface area is 209 Å². The molecule has 36 heavy (non-hydrogen) atoms. The van der Waals surface area contributed by atoms with E-state index in [1.807, 2.05) is 6.07 Å². The Morgan fingerprint density at radius 2 is 1.83 bits per heavy atom. The first-order valence-electron chi connectivity index (χ1n) is 11.0. The number of nitrogens with zero attached hydrogens (tertiary/aromatic N) is 4. The van der Waals surface area contributed by atoms with Crippen LogP contribution in [0.15, 0.2) is 55.1 Å². The van der Waals surface area contributed by atoms with Gasteiger partial charge in [-0.3, -0.25) is 4.57 Å². The number of ether oxygens (including phenoxy) is 1. The number of aliphatic hydroxyl groups excluding tert-OH is 2. The lowest BCUT2D eigenvalue weighted by molar-refractivity contribution is -0.0289. The van der Waals surface area contributed by atoms with Crippen LogP contribution in [0.25, 0.3) is 22.3 Å². The molecule has 0 spiro atoms. The van der Waals surface area contributed by atoms with Crippen LogP contribution >= 0.6 is 11.8 Å². The highest BCUT2D eigenvalue weighted by Gasteiger charge is 2.44. The summed E-state index contributed by atoms with van der Waals surface area (Å²) in [4.78, 5) is 23.9. The third-order valence-electron chi connectivity index (χ3n) is 5.99. The first-order valence-corrected chi connectivity index (χ1v) is 12.2. The van der Waals surface area contributed by atoms with Crippen LogP contribution in [-0.2, 0) is 10.5 Å². The zero-order chi connectivity index (χ0) is 25.4. The van der Waals surface area contributed by atoms with Crippen molar-refractivity contribution in [2.24, 2.45) is 0 Å². The fourth-order valence-electron chi connectivity index (χ4n) is 4.17. The molecule has 0 unspecified atom stereocenters. The zero-order valence-electron chi connectivity index (χ0n) is 18.8. The smallest absolute Gasteiger partial charge is 0.335 e. The van der Waals surface area contributed by atoms with Crippen LogP contribution in [0.5, 0.6) is 5.75 Å². The summed E-state index contributed by atoms with van der Waals surface area (Å²) < 4.78 is 7.49. The molecule has 1 fully saturated rings. The molecule has 0 bridgehead atoms. The van der Waals surface area contributed by atoms with E-state index in [0.717, 1.165) is 11.1 Å². The molecule has 4 atom stereocenters. The summed E-state index contributed by atoms with van der Waals surface area (Å²) in [6, 6.07) is 11.6. The van der Waals surface area contributed by atoms with Crippen molar-refractivity contribution in [3.8, 4) is 16.9 Å². The van der Waals surface area contributed by atoms with Crippen molar-refractivity contribution >= 4 is 34.7 Å². The van der Waals surface area contributed by atoms with Gasteiger partial charge in [-0.15, -0.1) is 0 Å². The summed E-state index contributed by atoms with van der Waals surface area (Å²) in [6.45, 7) is 0.